The van der Waals surface area contributed by atoms with Crippen molar-refractivity contribution in [2.24, 2.45) is 4.99 Å². The second kappa shape index (κ2) is 10.8. The molecule has 2 heterocycles. The van der Waals surface area contributed by atoms with Crippen LogP contribution in [-0.2, 0) is 20.8 Å². The molecule has 3 N–H and O–H groups in total. The molecule has 13 heteroatoms. The monoisotopic (exact) mass is 517 g/mol. The van der Waals surface area contributed by atoms with Crippen LogP contribution in [0.15, 0.2) is 33.7 Å². The van der Waals surface area contributed by atoms with Crippen molar-refractivity contribution in [3.05, 3.63) is 41.4 Å². The van der Waals surface area contributed by atoms with E-state index in [1.54, 1.807) is 45.0 Å². The molecule has 1 aromatic carbocycles. The predicted molar refractivity (Wildman–Crippen MR) is 132 cm³/mol. The van der Waals surface area contributed by atoms with Crippen LogP contribution in [0.4, 0.5) is 10.5 Å². The molecule has 1 aromatic heterocycles. The zero-order valence-corrected chi connectivity index (χ0v) is 20.9. The van der Waals surface area contributed by atoms with Crippen molar-refractivity contribution in [2.75, 3.05) is 25.0 Å². The van der Waals surface area contributed by atoms with Crippen LogP contribution < -0.4 is 5.32 Å². The van der Waals surface area contributed by atoms with Gasteiger partial charge < -0.3 is 24.8 Å². The first kappa shape index (κ1) is 26.7. The van der Waals surface area contributed by atoms with Crippen molar-refractivity contribution in [1.82, 2.24) is 14.8 Å². The summed E-state index contributed by atoms with van der Waals surface area (Å²) in [5.74, 6) is -3.29. The van der Waals surface area contributed by atoms with Gasteiger partial charge in [-0.05, 0) is 32.4 Å². The highest BCUT2D eigenvalue weighted by Crippen LogP contribution is 2.25. The summed E-state index contributed by atoms with van der Waals surface area (Å²) >= 11 is 4.25. The number of hydrogen-bond acceptors (Lipinski definition) is 9. The van der Waals surface area contributed by atoms with E-state index in [1.807, 2.05) is 0 Å². The molecular formula is C23H27N5O7S. The molecule has 36 heavy (non-hydrogen) atoms. The number of aromatic nitrogens is 1. The third-order valence-electron chi connectivity index (χ3n) is 5.46. The number of hydrogen-bond donors (Lipinski definition) is 4. The molecule has 0 bridgehead atoms. The average molecular weight is 518 g/mol. The molecule has 1 saturated heterocycles. The van der Waals surface area contributed by atoms with Gasteiger partial charge in [-0.2, -0.15) is 12.6 Å². The molecule has 1 fully saturated rings. The normalized spacial score (nSPS) is 15.4. The van der Waals surface area contributed by atoms with Crippen LogP contribution in [0.25, 0.3) is 0 Å². The number of aliphatic imine (C=N–C) groups is 1. The maximum absolute atomic E-state index is 12.7. The lowest BCUT2D eigenvalue weighted by molar-refractivity contribution is -0.153. The van der Waals surface area contributed by atoms with Gasteiger partial charge >= 0.3 is 29.8 Å². The number of nitrogens with one attached hydrogen (secondary N) is 1. The Morgan fingerprint density at radius 1 is 1.28 bits per heavy atom. The molecular weight excluding hydrogens is 490 g/mol. The molecule has 2 aromatic rings. The van der Waals surface area contributed by atoms with Crippen molar-refractivity contribution in [1.29, 1.82) is 0 Å². The molecule has 0 aliphatic carbocycles. The number of carbonyl (C=O) groups is 4. The summed E-state index contributed by atoms with van der Waals surface area (Å²) in [5, 5.41) is 22.1. The maximum Gasteiger partial charge on any atom is 0.329 e. The number of piperazine rings is 1. The van der Waals surface area contributed by atoms with Crippen molar-refractivity contribution < 1.29 is 33.8 Å². The minimum Gasteiger partial charge on any atom is -0.480 e. The summed E-state index contributed by atoms with van der Waals surface area (Å²) in [6, 6.07) is 4.77. The number of thiol groups is 1. The van der Waals surface area contributed by atoms with Gasteiger partial charge in [-0.3, -0.25) is 19.5 Å². The van der Waals surface area contributed by atoms with E-state index in [-0.39, 0.29) is 31.1 Å². The number of carbonyl (C=O) groups excluding carboxylic acids is 3. The summed E-state index contributed by atoms with van der Waals surface area (Å²) in [5.41, 5.74) is 0.853. The quantitative estimate of drug-likeness (QED) is 0.234. The Bertz CT molecular complexity index is 1200. The smallest absolute Gasteiger partial charge is 0.329 e. The Morgan fingerprint density at radius 2 is 1.97 bits per heavy atom. The van der Waals surface area contributed by atoms with Crippen molar-refractivity contribution >= 4 is 48.3 Å². The lowest BCUT2D eigenvalue weighted by atomic mass is 10.0. The number of anilines is 1. The zero-order chi connectivity index (χ0) is 26.6. The molecule has 1 unspecified atom stereocenters. The molecule has 1 aliphatic rings. The SMILES string of the molecule is CCN1CCN(C(=O)Nc2ccccc2Cc2nc(C=NC(C(=O)O)C(C)(C)S)c(O)o2)C(=O)C1=O. The fourth-order valence-corrected chi connectivity index (χ4v) is 3.71. The highest BCUT2D eigenvalue weighted by molar-refractivity contribution is 7.81. The number of likely N-dealkylation sites (N-methyl/N-ethyl adjacent to an activating group) is 1. The standard InChI is InChI=1S/C23H27N5O7S/c1-4-27-9-10-28(19(30)18(27)29)22(34)26-14-8-6-5-7-13(14)11-16-25-15(21(33)35-16)12-24-17(20(31)32)23(2,3)36/h5-8,12,17,33,36H,4,9-11H2,1-3H3,(H,26,34)(H,31,32). The molecule has 1 atom stereocenters. The second-order valence-corrected chi connectivity index (χ2v) is 9.73. The fourth-order valence-electron chi connectivity index (χ4n) is 3.53. The van der Waals surface area contributed by atoms with Crippen molar-refractivity contribution in [3.8, 4) is 5.95 Å². The molecule has 192 valence electrons. The lowest BCUT2D eigenvalue weighted by Gasteiger charge is -2.31. The van der Waals surface area contributed by atoms with Gasteiger partial charge in [0, 0.05) is 30.1 Å². The molecule has 3 rings (SSSR count). The first-order chi connectivity index (χ1) is 16.9. The summed E-state index contributed by atoms with van der Waals surface area (Å²) < 4.78 is 4.33. The summed E-state index contributed by atoms with van der Waals surface area (Å²) in [7, 11) is 0. The number of nitrogens with zero attached hydrogens (tertiary/aromatic N) is 4. The van der Waals surface area contributed by atoms with Crippen LogP contribution in [0.5, 0.6) is 5.95 Å². The first-order valence-electron chi connectivity index (χ1n) is 11.1. The predicted octanol–water partition coefficient (Wildman–Crippen LogP) is 1.77. The van der Waals surface area contributed by atoms with E-state index in [9.17, 15) is 29.4 Å². The Kier molecular flexibility index (Phi) is 8.03. The number of aromatic hydroxyl groups is 1. The lowest BCUT2D eigenvalue weighted by Crippen LogP contribution is -2.56. The van der Waals surface area contributed by atoms with Crippen LogP contribution in [0.2, 0.25) is 0 Å². The Labute approximate surface area is 212 Å². The number of carboxylic acid groups (broad SMARTS) is 1. The molecule has 0 saturated carbocycles. The Balaban J connectivity index is 1.75. The van der Waals surface area contributed by atoms with Gasteiger partial charge in [-0.1, -0.05) is 18.2 Å². The van der Waals surface area contributed by atoms with Gasteiger partial charge in [-0.25, -0.2) is 14.6 Å². The van der Waals surface area contributed by atoms with Gasteiger partial charge in [-0.15, -0.1) is 0 Å². The minimum absolute atomic E-state index is 0.0504. The third-order valence-corrected chi connectivity index (χ3v) is 5.71. The van der Waals surface area contributed by atoms with Crippen LogP contribution in [-0.4, -0.2) is 85.4 Å². The Hall–Kier alpha value is -3.87. The zero-order valence-electron chi connectivity index (χ0n) is 20.0. The first-order valence-corrected chi connectivity index (χ1v) is 11.5. The van der Waals surface area contributed by atoms with E-state index < -0.39 is 40.5 Å². The maximum atomic E-state index is 12.7. The van der Waals surface area contributed by atoms with E-state index in [0.29, 0.717) is 17.8 Å². The fraction of sp³-hybridized carbons (Fsp3) is 0.391. The molecule has 4 amide bonds. The number of oxazole rings is 1. The number of carboxylic acids is 1. The van der Waals surface area contributed by atoms with Crippen LogP contribution in [0.3, 0.4) is 0 Å². The van der Waals surface area contributed by atoms with Gasteiger partial charge in [0.05, 0.1) is 12.6 Å². The van der Waals surface area contributed by atoms with Gasteiger partial charge in [0.2, 0.25) is 5.89 Å². The van der Waals surface area contributed by atoms with Gasteiger partial charge in [0.25, 0.3) is 0 Å². The summed E-state index contributed by atoms with van der Waals surface area (Å²) in [6.07, 6.45) is 1.15. The van der Waals surface area contributed by atoms with Crippen molar-refractivity contribution in [2.45, 2.75) is 38.0 Å². The molecule has 1 aliphatic heterocycles. The summed E-state index contributed by atoms with van der Waals surface area (Å²) in [6.45, 7) is 5.65. The molecule has 0 radical (unpaired) electrons. The number of amides is 4. The van der Waals surface area contributed by atoms with Gasteiger partial charge in [0.15, 0.2) is 11.7 Å². The van der Waals surface area contributed by atoms with Crippen LogP contribution in [0, 0.1) is 0 Å². The van der Waals surface area contributed by atoms with Crippen molar-refractivity contribution in [3.63, 3.8) is 0 Å². The van der Waals surface area contributed by atoms with Crippen LogP contribution >= 0.6 is 12.6 Å². The summed E-state index contributed by atoms with van der Waals surface area (Å²) in [4.78, 5) is 59.0. The number of para-hydroxylation sites is 1. The highest BCUT2D eigenvalue weighted by atomic mass is 32.1. The van der Waals surface area contributed by atoms with E-state index in [4.69, 9.17) is 4.42 Å². The van der Waals surface area contributed by atoms with Crippen LogP contribution in [0.1, 0.15) is 37.9 Å². The highest BCUT2D eigenvalue weighted by Gasteiger charge is 2.35. The largest absolute Gasteiger partial charge is 0.480 e. The van der Waals surface area contributed by atoms with E-state index in [0.717, 1.165) is 11.1 Å². The molecule has 12 nitrogen and oxygen atoms in total. The number of imide groups is 1. The van der Waals surface area contributed by atoms with E-state index >= 15 is 0 Å². The molecule has 0 spiro atoms. The number of benzene rings is 1. The second-order valence-electron chi connectivity index (χ2n) is 8.58. The topological polar surface area (TPSA) is 166 Å². The number of aliphatic carboxylic acids is 1. The Morgan fingerprint density at radius 3 is 2.61 bits per heavy atom. The van der Waals surface area contributed by atoms with E-state index in [1.165, 1.54) is 4.90 Å². The minimum atomic E-state index is -1.19. The number of urea groups is 1. The van der Waals surface area contributed by atoms with E-state index in [2.05, 4.69) is 27.9 Å². The van der Waals surface area contributed by atoms with Gasteiger partial charge in [0.1, 0.15) is 0 Å². The number of rotatable bonds is 8. The third kappa shape index (κ3) is 6.03. The average Bonchev–Trinajstić information content (AvgIpc) is 3.14.